The molecule has 4 rings (SSSR count). The van der Waals surface area contributed by atoms with Gasteiger partial charge in [0.2, 0.25) is 0 Å². The van der Waals surface area contributed by atoms with Crippen molar-refractivity contribution in [2.24, 2.45) is 0 Å². The Bertz CT molecular complexity index is 608. The fourth-order valence-electron chi connectivity index (χ4n) is 3.18. The first-order valence-electron chi connectivity index (χ1n) is 8.22. The van der Waals surface area contributed by atoms with Crippen molar-refractivity contribution >= 4 is 0 Å². The average Bonchev–Trinajstić information content (AvgIpc) is 3.28. The lowest BCUT2D eigenvalue weighted by Gasteiger charge is -2.14. The minimum absolute atomic E-state index is 0.780. The van der Waals surface area contributed by atoms with Crippen molar-refractivity contribution in [3.8, 4) is 0 Å². The molecule has 0 bridgehead atoms. The SMILES string of the molecule is c1cc(Cn2cnc3c2CCCC3)ccc1CNC1CC1. The summed E-state index contributed by atoms with van der Waals surface area (Å²) in [7, 11) is 0. The molecule has 0 saturated heterocycles. The number of fused-ring (bicyclic) bond motifs is 1. The van der Waals surface area contributed by atoms with Gasteiger partial charge in [0.05, 0.1) is 12.0 Å². The molecule has 1 aromatic heterocycles. The predicted octanol–water partition coefficient (Wildman–Crippen LogP) is 3.06. The molecule has 1 heterocycles. The smallest absolute Gasteiger partial charge is 0.0954 e. The van der Waals surface area contributed by atoms with E-state index in [4.69, 9.17) is 0 Å². The van der Waals surface area contributed by atoms with Gasteiger partial charge in [-0.2, -0.15) is 0 Å². The molecule has 2 aliphatic rings. The van der Waals surface area contributed by atoms with Crippen molar-refractivity contribution in [1.82, 2.24) is 14.9 Å². The van der Waals surface area contributed by atoms with Crippen molar-refractivity contribution in [3.63, 3.8) is 0 Å². The molecule has 3 heteroatoms. The number of nitrogens with one attached hydrogen (secondary N) is 1. The molecule has 0 spiro atoms. The van der Waals surface area contributed by atoms with Crippen LogP contribution in [-0.2, 0) is 25.9 Å². The van der Waals surface area contributed by atoms with Gasteiger partial charge in [-0.05, 0) is 49.7 Å². The second-order valence-electron chi connectivity index (χ2n) is 6.44. The molecule has 0 aliphatic heterocycles. The van der Waals surface area contributed by atoms with Crippen LogP contribution in [0.4, 0.5) is 0 Å². The molecule has 110 valence electrons. The lowest BCUT2D eigenvalue weighted by atomic mass is 10.0. The van der Waals surface area contributed by atoms with Crippen LogP contribution in [-0.4, -0.2) is 15.6 Å². The van der Waals surface area contributed by atoms with Crippen LogP contribution in [0.15, 0.2) is 30.6 Å². The third-order valence-corrected chi connectivity index (χ3v) is 4.66. The highest BCUT2D eigenvalue weighted by atomic mass is 15.1. The zero-order chi connectivity index (χ0) is 14.1. The molecule has 0 amide bonds. The molecule has 0 atom stereocenters. The first-order chi connectivity index (χ1) is 10.4. The zero-order valence-corrected chi connectivity index (χ0v) is 12.5. The quantitative estimate of drug-likeness (QED) is 0.913. The number of benzene rings is 1. The third kappa shape index (κ3) is 3.03. The molecule has 3 nitrogen and oxygen atoms in total. The van der Waals surface area contributed by atoms with E-state index >= 15 is 0 Å². The van der Waals surface area contributed by atoms with Crippen LogP contribution < -0.4 is 5.32 Å². The Labute approximate surface area is 126 Å². The molecule has 2 aliphatic carbocycles. The summed E-state index contributed by atoms with van der Waals surface area (Å²) in [6, 6.07) is 9.82. The molecular formula is C18H23N3. The third-order valence-electron chi connectivity index (χ3n) is 4.66. The lowest BCUT2D eigenvalue weighted by molar-refractivity contribution is 0.628. The summed E-state index contributed by atoms with van der Waals surface area (Å²) >= 11 is 0. The highest BCUT2D eigenvalue weighted by Crippen LogP contribution is 2.21. The van der Waals surface area contributed by atoms with Gasteiger partial charge in [-0.1, -0.05) is 24.3 Å². The second kappa shape index (κ2) is 5.64. The van der Waals surface area contributed by atoms with Crippen LogP contribution in [0.1, 0.15) is 48.2 Å². The number of aromatic nitrogens is 2. The molecule has 1 fully saturated rings. The summed E-state index contributed by atoms with van der Waals surface area (Å²) in [6.07, 6.45) is 9.69. The number of rotatable bonds is 5. The highest BCUT2D eigenvalue weighted by Gasteiger charge is 2.19. The molecule has 1 aromatic carbocycles. The van der Waals surface area contributed by atoms with E-state index in [1.54, 1.807) is 0 Å². The molecule has 1 N–H and O–H groups in total. The van der Waals surface area contributed by atoms with Gasteiger partial charge in [-0.25, -0.2) is 4.98 Å². The van der Waals surface area contributed by atoms with E-state index in [9.17, 15) is 0 Å². The van der Waals surface area contributed by atoms with Crippen molar-refractivity contribution in [2.75, 3.05) is 0 Å². The van der Waals surface area contributed by atoms with Crippen molar-refractivity contribution in [2.45, 2.75) is 57.7 Å². The van der Waals surface area contributed by atoms with Gasteiger partial charge < -0.3 is 9.88 Å². The molecule has 1 saturated carbocycles. The van der Waals surface area contributed by atoms with Gasteiger partial charge >= 0.3 is 0 Å². The van der Waals surface area contributed by atoms with E-state index in [2.05, 4.69) is 39.1 Å². The standard InChI is InChI=1S/C18H23N3/c1-2-4-18-17(3-1)20-13-21(18)12-15-7-5-14(6-8-15)11-19-16-9-10-16/h5-8,13,16,19H,1-4,9-12H2. The van der Waals surface area contributed by atoms with E-state index < -0.39 is 0 Å². The van der Waals surface area contributed by atoms with E-state index in [1.807, 2.05) is 6.33 Å². The predicted molar refractivity (Wildman–Crippen MR) is 84.3 cm³/mol. The maximum Gasteiger partial charge on any atom is 0.0954 e. The zero-order valence-electron chi connectivity index (χ0n) is 12.5. The summed E-state index contributed by atoms with van der Waals surface area (Å²) in [5.74, 6) is 0. The summed E-state index contributed by atoms with van der Waals surface area (Å²) in [5, 5.41) is 3.56. The Balaban J connectivity index is 1.43. The fourth-order valence-corrected chi connectivity index (χ4v) is 3.18. The molecule has 0 radical (unpaired) electrons. The molecule has 2 aromatic rings. The summed E-state index contributed by atoms with van der Waals surface area (Å²) < 4.78 is 2.34. The monoisotopic (exact) mass is 281 g/mol. The van der Waals surface area contributed by atoms with Crippen LogP contribution in [0, 0.1) is 0 Å². The topological polar surface area (TPSA) is 29.9 Å². The summed E-state index contributed by atoms with van der Waals surface area (Å²) in [4.78, 5) is 4.58. The maximum absolute atomic E-state index is 4.58. The molecule has 21 heavy (non-hydrogen) atoms. The van der Waals surface area contributed by atoms with Gasteiger partial charge in [0.1, 0.15) is 0 Å². The van der Waals surface area contributed by atoms with E-state index in [1.165, 1.54) is 54.6 Å². The minimum atomic E-state index is 0.780. The van der Waals surface area contributed by atoms with Crippen LogP contribution in [0.5, 0.6) is 0 Å². The normalized spacial score (nSPS) is 17.7. The van der Waals surface area contributed by atoms with E-state index in [0.29, 0.717) is 0 Å². The number of aryl methyl sites for hydroxylation is 1. The Morgan fingerprint density at radius 3 is 2.62 bits per heavy atom. The second-order valence-corrected chi connectivity index (χ2v) is 6.44. The van der Waals surface area contributed by atoms with Gasteiger partial charge in [-0.3, -0.25) is 0 Å². The van der Waals surface area contributed by atoms with Crippen LogP contribution in [0.3, 0.4) is 0 Å². The van der Waals surface area contributed by atoms with Crippen molar-refractivity contribution < 1.29 is 0 Å². The van der Waals surface area contributed by atoms with Gasteiger partial charge in [-0.15, -0.1) is 0 Å². The Kier molecular flexibility index (Phi) is 3.52. The molecule has 0 unspecified atom stereocenters. The van der Waals surface area contributed by atoms with Crippen LogP contribution in [0.2, 0.25) is 0 Å². The Morgan fingerprint density at radius 1 is 1.05 bits per heavy atom. The van der Waals surface area contributed by atoms with Gasteiger partial charge in [0, 0.05) is 24.8 Å². The molecular weight excluding hydrogens is 258 g/mol. The number of imidazole rings is 1. The lowest BCUT2D eigenvalue weighted by Crippen LogP contribution is -2.15. The first kappa shape index (κ1) is 13.1. The van der Waals surface area contributed by atoms with Gasteiger partial charge in [0.15, 0.2) is 0 Å². The largest absolute Gasteiger partial charge is 0.330 e. The van der Waals surface area contributed by atoms with Crippen LogP contribution >= 0.6 is 0 Å². The average molecular weight is 281 g/mol. The highest BCUT2D eigenvalue weighted by molar-refractivity contribution is 5.24. The van der Waals surface area contributed by atoms with Crippen molar-refractivity contribution in [1.29, 1.82) is 0 Å². The van der Waals surface area contributed by atoms with E-state index in [0.717, 1.165) is 25.6 Å². The number of hydrogen-bond acceptors (Lipinski definition) is 2. The first-order valence-corrected chi connectivity index (χ1v) is 8.22. The Morgan fingerprint density at radius 2 is 1.81 bits per heavy atom. The van der Waals surface area contributed by atoms with E-state index in [-0.39, 0.29) is 0 Å². The fraction of sp³-hybridized carbons (Fsp3) is 0.500. The van der Waals surface area contributed by atoms with Gasteiger partial charge in [0.25, 0.3) is 0 Å². The number of hydrogen-bond donors (Lipinski definition) is 1. The maximum atomic E-state index is 4.58. The summed E-state index contributed by atoms with van der Waals surface area (Å²) in [6.45, 7) is 1.96. The Hall–Kier alpha value is -1.61. The van der Waals surface area contributed by atoms with Crippen molar-refractivity contribution in [3.05, 3.63) is 53.1 Å². The minimum Gasteiger partial charge on any atom is -0.330 e. The number of nitrogens with zero attached hydrogens (tertiary/aromatic N) is 2. The summed E-state index contributed by atoms with van der Waals surface area (Å²) in [5.41, 5.74) is 5.54. The van der Waals surface area contributed by atoms with Crippen LogP contribution in [0.25, 0.3) is 0 Å².